The Bertz CT molecular complexity index is 202. The lowest BCUT2D eigenvalue weighted by Crippen LogP contribution is -2.31. The van der Waals surface area contributed by atoms with E-state index in [0.29, 0.717) is 19.4 Å². The molecule has 1 rings (SSSR count). The van der Waals surface area contributed by atoms with Crippen LogP contribution in [0, 0.1) is 0 Å². The normalized spacial score (nSPS) is 16.8. The summed E-state index contributed by atoms with van der Waals surface area (Å²) in [6, 6.07) is 0. The minimum Gasteiger partial charge on any atom is -0.282 e. The van der Waals surface area contributed by atoms with Crippen LogP contribution in [-0.2, 0) is 9.59 Å². The predicted molar refractivity (Wildman–Crippen MR) is 58.2 cm³/mol. The minimum absolute atomic E-state index is 0.00564. The van der Waals surface area contributed by atoms with Crippen LogP contribution >= 0.6 is 11.8 Å². The van der Waals surface area contributed by atoms with E-state index < -0.39 is 0 Å². The molecule has 4 heteroatoms. The van der Waals surface area contributed by atoms with Crippen molar-refractivity contribution in [3.63, 3.8) is 0 Å². The van der Waals surface area contributed by atoms with Gasteiger partial charge in [0.15, 0.2) is 0 Å². The van der Waals surface area contributed by atoms with Crippen LogP contribution < -0.4 is 0 Å². The van der Waals surface area contributed by atoms with E-state index in [0.717, 1.165) is 11.5 Å². The first-order valence-corrected chi connectivity index (χ1v) is 6.32. The van der Waals surface area contributed by atoms with Crippen molar-refractivity contribution in [3.05, 3.63) is 0 Å². The van der Waals surface area contributed by atoms with Gasteiger partial charge in [-0.1, -0.05) is 13.3 Å². The highest BCUT2D eigenvalue weighted by atomic mass is 32.2. The third kappa shape index (κ3) is 3.33. The molecule has 0 bridgehead atoms. The Hall–Kier alpha value is -0.510. The summed E-state index contributed by atoms with van der Waals surface area (Å²) >= 11 is 1.82. The molecule has 1 heterocycles. The van der Waals surface area contributed by atoms with Crippen LogP contribution in [0.15, 0.2) is 0 Å². The number of amides is 2. The molecule has 1 saturated heterocycles. The van der Waals surface area contributed by atoms with Gasteiger partial charge in [-0.3, -0.25) is 14.5 Å². The quantitative estimate of drug-likeness (QED) is 0.499. The topological polar surface area (TPSA) is 37.4 Å². The standard InChI is InChI=1S/C10H17NO2S/c1-2-3-7-14-8-6-11-9(12)4-5-10(11)13/h2-8H2,1H3. The fourth-order valence-corrected chi connectivity index (χ4v) is 2.39. The number of rotatable bonds is 6. The van der Waals surface area contributed by atoms with Crippen molar-refractivity contribution in [1.29, 1.82) is 0 Å². The molecule has 0 aromatic rings. The number of carbonyl (C=O) groups excluding carboxylic acids is 2. The van der Waals surface area contributed by atoms with Crippen LogP contribution in [0.3, 0.4) is 0 Å². The average Bonchev–Trinajstić information content (AvgIpc) is 2.48. The SMILES string of the molecule is CCCCSCCN1C(=O)CCC1=O. The number of hydrogen-bond donors (Lipinski definition) is 0. The van der Waals surface area contributed by atoms with E-state index >= 15 is 0 Å². The molecule has 1 fully saturated rings. The van der Waals surface area contributed by atoms with Crippen molar-refractivity contribution in [1.82, 2.24) is 4.90 Å². The summed E-state index contributed by atoms with van der Waals surface area (Å²) in [6.07, 6.45) is 3.25. The van der Waals surface area contributed by atoms with Gasteiger partial charge in [0.05, 0.1) is 0 Å². The van der Waals surface area contributed by atoms with Crippen molar-refractivity contribution in [2.75, 3.05) is 18.1 Å². The molecule has 80 valence electrons. The zero-order chi connectivity index (χ0) is 10.4. The second kappa shape index (κ2) is 6.06. The molecule has 0 aromatic heterocycles. The Kier molecular flexibility index (Phi) is 5.01. The third-order valence-electron chi connectivity index (χ3n) is 2.26. The molecule has 1 aliphatic heterocycles. The summed E-state index contributed by atoms with van der Waals surface area (Å²) in [6.45, 7) is 2.76. The van der Waals surface area contributed by atoms with E-state index in [1.54, 1.807) is 0 Å². The van der Waals surface area contributed by atoms with Gasteiger partial charge in [0.1, 0.15) is 0 Å². The molecule has 0 aliphatic carbocycles. The number of imide groups is 1. The van der Waals surface area contributed by atoms with Crippen molar-refractivity contribution in [2.45, 2.75) is 32.6 Å². The number of likely N-dealkylation sites (tertiary alicyclic amines) is 1. The lowest BCUT2D eigenvalue weighted by Gasteiger charge is -2.12. The summed E-state index contributed by atoms with van der Waals surface area (Å²) in [5.74, 6) is 2.03. The molecule has 1 aliphatic rings. The Morgan fingerprint density at radius 3 is 2.43 bits per heavy atom. The summed E-state index contributed by atoms with van der Waals surface area (Å²) in [5, 5.41) is 0. The first kappa shape index (κ1) is 11.6. The summed E-state index contributed by atoms with van der Waals surface area (Å²) < 4.78 is 0. The maximum Gasteiger partial charge on any atom is 0.229 e. The van der Waals surface area contributed by atoms with E-state index in [2.05, 4.69) is 6.92 Å². The molecule has 3 nitrogen and oxygen atoms in total. The highest BCUT2D eigenvalue weighted by molar-refractivity contribution is 7.99. The second-order valence-corrected chi connectivity index (χ2v) is 4.63. The molecule has 0 aromatic carbocycles. The van der Waals surface area contributed by atoms with Crippen molar-refractivity contribution in [3.8, 4) is 0 Å². The van der Waals surface area contributed by atoms with E-state index in [4.69, 9.17) is 0 Å². The molecule has 0 radical (unpaired) electrons. The highest BCUT2D eigenvalue weighted by Crippen LogP contribution is 2.13. The number of hydrogen-bond acceptors (Lipinski definition) is 3. The summed E-state index contributed by atoms with van der Waals surface area (Å²) in [4.78, 5) is 23.8. The van der Waals surface area contributed by atoms with E-state index in [9.17, 15) is 9.59 Å². The largest absolute Gasteiger partial charge is 0.282 e. The molecule has 0 saturated carbocycles. The van der Waals surface area contributed by atoms with Crippen LogP contribution in [0.25, 0.3) is 0 Å². The van der Waals surface area contributed by atoms with Crippen molar-refractivity contribution >= 4 is 23.6 Å². The maximum atomic E-state index is 11.2. The zero-order valence-electron chi connectivity index (χ0n) is 8.62. The summed E-state index contributed by atoms with van der Waals surface area (Å²) in [7, 11) is 0. The molecule has 0 N–H and O–H groups in total. The number of nitrogens with zero attached hydrogens (tertiary/aromatic N) is 1. The van der Waals surface area contributed by atoms with Gasteiger partial charge in [-0.2, -0.15) is 11.8 Å². The second-order valence-electron chi connectivity index (χ2n) is 3.41. The van der Waals surface area contributed by atoms with Crippen molar-refractivity contribution < 1.29 is 9.59 Å². The number of unbranched alkanes of at least 4 members (excludes halogenated alkanes) is 1. The minimum atomic E-state index is 0.00564. The van der Waals surface area contributed by atoms with Gasteiger partial charge < -0.3 is 0 Å². The van der Waals surface area contributed by atoms with E-state index in [1.807, 2.05) is 11.8 Å². The Morgan fingerprint density at radius 1 is 1.21 bits per heavy atom. The van der Waals surface area contributed by atoms with Crippen LogP contribution in [0.1, 0.15) is 32.6 Å². The molecule has 2 amide bonds. The Balaban J connectivity index is 2.11. The number of carbonyl (C=O) groups is 2. The van der Waals surface area contributed by atoms with Gasteiger partial charge in [-0.15, -0.1) is 0 Å². The highest BCUT2D eigenvalue weighted by Gasteiger charge is 2.27. The maximum absolute atomic E-state index is 11.2. The van der Waals surface area contributed by atoms with Crippen LogP contribution in [0.2, 0.25) is 0 Å². The van der Waals surface area contributed by atoms with E-state index in [1.165, 1.54) is 17.7 Å². The van der Waals surface area contributed by atoms with Gasteiger partial charge in [-0.05, 0) is 12.2 Å². The lowest BCUT2D eigenvalue weighted by atomic mass is 10.4. The van der Waals surface area contributed by atoms with E-state index in [-0.39, 0.29) is 11.8 Å². The molecular formula is C10H17NO2S. The van der Waals surface area contributed by atoms with Crippen molar-refractivity contribution in [2.24, 2.45) is 0 Å². The fourth-order valence-electron chi connectivity index (χ4n) is 1.38. The molecular weight excluding hydrogens is 198 g/mol. The van der Waals surface area contributed by atoms with Crippen LogP contribution in [-0.4, -0.2) is 34.8 Å². The molecule has 0 atom stereocenters. The molecule has 0 unspecified atom stereocenters. The third-order valence-corrected chi connectivity index (χ3v) is 3.30. The average molecular weight is 215 g/mol. The van der Waals surface area contributed by atoms with Gasteiger partial charge in [-0.25, -0.2) is 0 Å². The first-order valence-electron chi connectivity index (χ1n) is 5.16. The van der Waals surface area contributed by atoms with Gasteiger partial charge in [0.2, 0.25) is 11.8 Å². The first-order chi connectivity index (χ1) is 6.75. The number of thioether (sulfide) groups is 1. The van der Waals surface area contributed by atoms with Gasteiger partial charge >= 0.3 is 0 Å². The summed E-state index contributed by atoms with van der Waals surface area (Å²) in [5.41, 5.74) is 0. The monoisotopic (exact) mass is 215 g/mol. The smallest absolute Gasteiger partial charge is 0.229 e. The van der Waals surface area contributed by atoms with Gasteiger partial charge in [0.25, 0.3) is 0 Å². The fraction of sp³-hybridized carbons (Fsp3) is 0.800. The Morgan fingerprint density at radius 2 is 1.86 bits per heavy atom. The molecule has 0 spiro atoms. The van der Waals surface area contributed by atoms with Gasteiger partial charge in [0, 0.05) is 25.1 Å². The van der Waals surface area contributed by atoms with Crippen LogP contribution in [0.4, 0.5) is 0 Å². The molecule has 14 heavy (non-hydrogen) atoms. The lowest BCUT2D eigenvalue weighted by molar-refractivity contribution is -0.137. The zero-order valence-corrected chi connectivity index (χ0v) is 9.44. The predicted octanol–water partition coefficient (Wildman–Crippen LogP) is 1.67. The van der Waals surface area contributed by atoms with Crippen LogP contribution in [0.5, 0.6) is 0 Å². The Labute approximate surface area is 89.2 Å².